The fraction of sp³-hybridized carbons (Fsp3) is 0.500. The van der Waals surface area contributed by atoms with E-state index in [1.165, 1.54) is 43.6 Å². The normalized spacial score (nSPS) is 22.1. The number of hydrogen-bond acceptors (Lipinski definition) is 5. The van der Waals surface area contributed by atoms with Crippen molar-refractivity contribution in [3.8, 4) is 11.1 Å². The highest BCUT2D eigenvalue weighted by Gasteiger charge is 2.25. The van der Waals surface area contributed by atoms with E-state index in [1.807, 2.05) is 18.3 Å². The van der Waals surface area contributed by atoms with Crippen LogP contribution in [0.15, 0.2) is 24.5 Å². The maximum atomic E-state index is 6.08. The summed E-state index contributed by atoms with van der Waals surface area (Å²) >= 11 is 1.46. The lowest BCUT2D eigenvalue weighted by atomic mass is 9.83. The van der Waals surface area contributed by atoms with Crippen molar-refractivity contribution in [2.24, 2.45) is 5.92 Å². The zero-order valence-electron chi connectivity index (χ0n) is 12.4. The van der Waals surface area contributed by atoms with Crippen molar-refractivity contribution >= 4 is 22.4 Å². The summed E-state index contributed by atoms with van der Waals surface area (Å²) in [6.07, 6.45) is 10.1. The second-order valence-corrected chi connectivity index (χ2v) is 6.49. The Bertz CT molecular complexity index is 581. The third-order valence-electron chi connectivity index (χ3n) is 4.42. The highest BCUT2D eigenvalue weighted by molar-refractivity contribution is 7.11. The molecule has 1 aliphatic rings. The zero-order chi connectivity index (χ0) is 14.7. The van der Waals surface area contributed by atoms with Crippen LogP contribution in [-0.2, 0) is 0 Å². The van der Waals surface area contributed by atoms with Gasteiger partial charge in [-0.25, -0.2) is 0 Å². The highest BCUT2D eigenvalue weighted by Crippen LogP contribution is 2.39. The highest BCUT2D eigenvalue weighted by atomic mass is 32.1. The van der Waals surface area contributed by atoms with Crippen LogP contribution in [0, 0.1) is 5.92 Å². The van der Waals surface area contributed by atoms with Gasteiger partial charge in [0.05, 0.1) is 5.56 Å². The van der Waals surface area contributed by atoms with Crippen LogP contribution in [0.2, 0.25) is 0 Å². The van der Waals surface area contributed by atoms with Crippen LogP contribution in [0.5, 0.6) is 0 Å². The van der Waals surface area contributed by atoms with Gasteiger partial charge in [0, 0.05) is 24.0 Å². The Morgan fingerprint density at radius 3 is 3.00 bits per heavy atom. The van der Waals surface area contributed by atoms with Crippen molar-refractivity contribution in [1.29, 1.82) is 0 Å². The van der Waals surface area contributed by atoms with Gasteiger partial charge in [-0.15, -0.1) is 0 Å². The van der Waals surface area contributed by atoms with E-state index >= 15 is 0 Å². The number of aromatic nitrogens is 2. The lowest BCUT2D eigenvalue weighted by Crippen LogP contribution is -2.31. The number of anilines is 2. The molecule has 0 aliphatic heterocycles. The quantitative estimate of drug-likeness (QED) is 0.889. The molecule has 0 radical (unpaired) electrons. The molecular weight excluding hydrogens is 280 g/mol. The van der Waals surface area contributed by atoms with Gasteiger partial charge in [0.15, 0.2) is 0 Å². The van der Waals surface area contributed by atoms with Crippen molar-refractivity contribution in [1.82, 2.24) is 9.36 Å². The Hall–Kier alpha value is -1.62. The van der Waals surface area contributed by atoms with Crippen molar-refractivity contribution in [3.05, 3.63) is 24.5 Å². The summed E-state index contributed by atoms with van der Waals surface area (Å²) in [7, 11) is 0. The maximum absolute atomic E-state index is 6.08. The van der Waals surface area contributed by atoms with E-state index in [2.05, 4.69) is 21.6 Å². The molecule has 3 rings (SSSR count). The first-order valence-corrected chi connectivity index (χ1v) is 8.49. The fourth-order valence-electron chi connectivity index (χ4n) is 3.25. The standard InChI is InChI=1S/C16H22N4S/c1-2-11-6-3-4-8-13(11)19-16-14(15(17)20-21-16)12-7-5-9-18-10-12/h5,7,9-11,13,19H,2-4,6,8H2,1H3,(H2,17,20). The molecule has 0 saturated heterocycles. The molecule has 2 aromatic rings. The average molecular weight is 302 g/mol. The molecule has 21 heavy (non-hydrogen) atoms. The molecule has 4 nitrogen and oxygen atoms in total. The molecule has 1 fully saturated rings. The van der Waals surface area contributed by atoms with Gasteiger partial charge < -0.3 is 11.1 Å². The van der Waals surface area contributed by atoms with E-state index in [0.717, 1.165) is 22.0 Å². The molecule has 0 bridgehead atoms. The average Bonchev–Trinajstić information content (AvgIpc) is 2.89. The van der Waals surface area contributed by atoms with Gasteiger partial charge in [-0.05, 0) is 36.4 Å². The minimum absolute atomic E-state index is 0.541. The van der Waals surface area contributed by atoms with E-state index in [0.29, 0.717) is 11.9 Å². The number of pyridine rings is 1. The van der Waals surface area contributed by atoms with Crippen molar-refractivity contribution in [2.45, 2.75) is 45.1 Å². The monoisotopic (exact) mass is 302 g/mol. The van der Waals surface area contributed by atoms with E-state index < -0.39 is 0 Å². The summed E-state index contributed by atoms with van der Waals surface area (Å²) in [6, 6.07) is 4.52. The van der Waals surface area contributed by atoms with Crippen LogP contribution in [0.1, 0.15) is 39.0 Å². The molecule has 2 atom stereocenters. The predicted octanol–water partition coefficient (Wildman–Crippen LogP) is 4.17. The summed E-state index contributed by atoms with van der Waals surface area (Å²) in [5.74, 6) is 1.35. The van der Waals surface area contributed by atoms with Crippen molar-refractivity contribution in [3.63, 3.8) is 0 Å². The van der Waals surface area contributed by atoms with Crippen molar-refractivity contribution < 1.29 is 0 Å². The Morgan fingerprint density at radius 1 is 1.38 bits per heavy atom. The molecule has 0 spiro atoms. The largest absolute Gasteiger partial charge is 0.382 e. The number of hydrogen-bond donors (Lipinski definition) is 2. The molecule has 1 saturated carbocycles. The molecule has 2 aromatic heterocycles. The van der Waals surface area contributed by atoms with Crippen LogP contribution in [0.25, 0.3) is 11.1 Å². The smallest absolute Gasteiger partial charge is 0.147 e. The zero-order valence-corrected chi connectivity index (χ0v) is 13.2. The van der Waals surface area contributed by atoms with Gasteiger partial charge in [-0.1, -0.05) is 32.3 Å². The third-order valence-corrected chi connectivity index (χ3v) is 5.21. The summed E-state index contributed by atoms with van der Waals surface area (Å²) in [6.45, 7) is 2.29. The van der Waals surface area contributed by atoms with Crippen LogP contribution in [-0.4, -0.2) is 15.4 Å². The van der Waals surface area contributed by atoms with Crippen LogP contribution in [0.3, 0.4) is 0 Å². The third kappa shape index (κ3) is 3.02. The van der Waals surface area contributed by atoms with Crippen LogP contribution < -0.4 is 11.1 Å². The topological polar surface area (TPSA) is 63.8 Å². The van der Waals surface area contributed by atoms with Crippen LogP contribution in [0.4, 0.5) is 10.8 Å². The summed E-state index contributed by atoms with van der Waals surface area (Å²) in [5.41, 5.74) is 8.12. The first-order valence-electron chi connectivity index (χ1n) is 7.71. The molecule has 1 aliphatic carbocycles. The minimum Gasteiger partial charge on any atom is -0.382 e. The molecule has 112 valence electrons. The lowest BCUT2D eigenvalue weighted by Gasteiger charge is -2.32. The minimum atomic E-state index is 0.541. The summed E-state index contributed by atoms with van der Waals surface area (Å²) in [4.78, 5) is 4.19. The number of nitrogens with two attached hydrogens (primary N) is 1. The van der Waals surface area contributed by atoms with Crippen LogP contribution >= 0.6 is 11.5 Å². The maximum Gasteiger partial charge on any atom is 0.147 e. The van der Waals surface area contributed by atoms with Gasteiger partial charge in [-0.2, -0.15) is 4.37 Å². The number of nitrogens with one attached hydrogen (secondary N) is 1. The van der Waals surface area contributed by atoms with Gasteiger partial charge >= 0.3 is 0 Å². The number of nitrogen functional groups attached to an aromatic ring is 1. The molecule has 2 heterocycles. The molecular formula is C16H22N4S. The number of nitrogens with zero attached hydrogens (tertiary/aromatic N) is 2. The van der Waals surface area contributed by atoms with Gasteiger partial charge in [0.25, 0.3) is 0 Å². The summed E-state index contributed by atoms with van der Waals surface area (Å²) < 4.78 is 4.34. The van der Waals surface area contributed by atoms with Gasteiger partial charge in [0.2, 0.25) is 0 Å². The van der Waals surface area contributed by atoms with Gasteiger partial charge in [-0.3, -0.25) is 4.98 Å². The molecule has 5 heteroatoms. The first-order chi connectivity index (χ1) is 10.3. The molecule has 0 amide bonds. The Morgan fingerprint density at radius 2 is 2.24 bits per heavy atom. The van der Waals surface area contributed by atoms with E-state index in [9.17, 15) is 0 Å². The summed E-state index contributed by atoms with van der Waals surface area (Å²) in [5, 5.41) is 4.81. The van der Waals surface area contributed by atoms with E-state index in [-0.39, 0.29) is 0 Å². The van der Waals surface area contributed by atoms with Gasteiger partial charge in [0.1, 0.15) is 10.8 Å². The van der Waals surface area contributed by atoms with E-state index in [4.69, 9.17) is 5.73 Å². The molecule has 2 unspecified atom stereocenters. The first kappa shape index (κ1) is 14.3. The Kier molecular flexibility index (Phi) is 4.39. The lowest BCUT2D eigenvalue weighted by molar-refractivity contribution is 0.318. The fourth-order valence-corrected chi connectivity index (χ4v) is 4.04. The molecule has 0 aromatic carbocycles. The molecule has 3 N–H and O–H groups in total. The second-order valence-electron chi connectivity index (χ2n) is 5.72. The van der Waals surface area contributed by atoms with Crippen molar-refractivity contribution in [2.75, 3.05) is 11.1 Å². The van der Waals surface area contributed by atoms with E-state index in [1.54, 1.807) is 6.20 Å². The Labute approximate surface area is 130 Å². The predicted molar refractivity (Wildman–Crippen MR) is 89.4 cm³/mol. The number of rotatable bonds is 4. The second kappa shape index (κ2) is 6.43. The SMILES string of the molecule is CCC1CCCCC1Nc1snc(N)c1-c1cccnc1. The Balaban J connectivity index is 1.86.